The highest BCUT2D eigenvalue weighted by Gasteiger charge is 2.06. The van der Waals surface area contributed by atoms with Crippen LogP contribution in [0.5, 0.6) is 0 Å². The Morgan fingerprint density at radius 2 is 2.14 bits per heavy atom. The fourth-order valence-electron chi connectivity index (χ4n) is 1.08. The average molecular weight is 306 g/mol. The fourth-order valence-corrected chi connectivity index (χ4v) is 1.51. The molecule has 0 aliphatic carbocycles. The van der Waals surface area contributed by atoms with Gasteiger partial charge in [0.05, 0.1) is 9.26 Å². The Morgan fingerprint density at radius 3 is 2.79 bits per heavy atom. The summed E-state index contributed by atoms with van der Waals surface area (Å²) in [6, 6.07) is 0. The van der Waals surface area contributed by atoms with Gasteiger partial charge < -0.3 is 11.1 Å². The monoisotopic (exact) mass is 306 g/mol. The van der Waals surface area contributed by atoms with Crippen molar-refractivity contribution in [2.45, 2.75) is 26.7 Å². The number of rotatable bonds is 4. The van der Waals surface area contributed by atoms with Crippen LogP contribution in [-0.2, 0) is 0 Å². The fraction of sp³-hybridized carbons (Fsp3) is 0.556. The highest BCUT2D eigenvalue weighted by Crippen LogP contribution is 2.19. The molecule has 0 spiro atoms. The van der Waals surface area contributed by atoms with Crippen molar-refractivity contribution in [1.82, 2.24) is 9.97 Å². The van der Waals surface area contributed by atoms with Crippen LogP contribution in [0.25, 0.3) is 0 Å². The molecule has 0 amide bonds. The molecule has 1 heterocycles. The normalized spacial score (nSPS) is 10.2. The zero-order chi connectivity index (χ0) is 10.6. The molecule has 0 radical (unpaired) electrons. The molecule has 78 valence electrons. The quantitative estimate of drug-likeness (QED) is 0.661. The molecule has 0 aliphatic rings. The van der Waals surface area contributed by atoms with Crippen molar-refractivity contribution >= 4 is 34.4 Å². The van der Waals surface area contributed by atoms with E-state index in [0.29, 0.717) is 5.95 Å². The first-order chi connectivity index (χ1) is 6.65. The first kappa shape index (κ1) is 11.5. The second-order valence-electron chi connectivity index (χ2n) is 3.11. The number of halogens is 1. The maximum atomic E-state index is 5.57. The van der Waals surface area contributed by atoms with E-state index in [1.165, 1.54) is 6.42 Å². The van der Waals surface area contributed by atoms with E-state index in [1.54, 1.807) is 0 Å². The lowest BCUT2D eigenvalue weighted by Crippen LogP contribution is -2.09. The van der Waals surface area contributed by atoms with Crippen molar-refractivity contribution in [3.63, 3.8) is 0 Å². The van der Waals surface area contributed by atoms with E-state index < -0.39 is 0 Å². The van der Waals surface area contributed by atoms with Crippen LogP contribution in [0.3, 0.4) is 0 Å². The molecule has 0 atom stereocenters. The highest BCUT2D eigenvalue weighted by atomic mass is 127. The predicted molar refractivity (Wildman–Crippen MR) is 67.3 cm³/mol. The number of anilines is 2. The van der Waals surface area contributed by atoms with Crippen LogP contribution in [0, 0.1) is 10.5 Å². The Labute approximate surface area is 97.8 Å². The summed E-state index contributed by atoms with van der Waals surface area (Å²) in [7, 11) is 0. The molecule has 1 aromatic rings. The van der Waals surface area contributed by atoms with Crippen LogP contribution in [0.1, 0.15) is 25.5 Å². The Kier molecular flexibility index (Phi) is 4.37. The summed E-state index contributed by atoms with van der Waals surface area (Å²) in [5.74, 6) is 1.19. The number of nitrogens with zero attached hydrogens (tertiary/aromatic N) is 2. The molecule has 0 unspecified atom stereocenters. The standard InChI is InChI=1S/C9H15IN4/c1-3-4-5-12-8-7(10)6(2)13-9(11)14-8/h3-5H2,1-2H3,(H3,11,12,13,14). The van der Waals surface area contributed by atoms with Crippen molar-refractivity contribution in [3.05, 3.63) is 9.26 Å². The first-order valence-corrected chi connectivity index (χ1v) is 5.76. The summed E-state index contributed by atoms with van der Waals surface area (Å²) in [6.45, 7) is 5.03. The molecule has 0 saturated carbocycles. The number of nitrogen functional groups attached to an aromatic ring is 1. The third-order valence-corrected chi connectivity index (χ3v) is 3.15. The van der Waals surface area contributed by atoms with E-state index in [2.05, 4.69) is 44.8 Å². The van der Waals surface area contributed by atoms with Gasteiger partial charge in [-0.2, -0.15) is 4.98 Å². The molecule has 0 aromatic carbocycles. The number of hydrogen-bond acceptors (Lipinski definition) is 4. The predicted octanol–water partition coefficient (Wildman–Crippen LogP) is 2.18. The van der Waals surface area contributed by atoms with Gasteiger partial charge in [-0.05, 0) is 35.9 Å². The molecular weight excluding hydrogens is 291 g/mol. The average Bonchev–Trinajstić information content (AvgIpc) is 2.13. The lowest BCUT2D eigenvalue weighted by atomic mass is 10.3. The van der Waals surface area contributed by atoms with Gasteiger partial charge in [0.1, 0.15) is 5.82 Å². The summed E-state index contributed by atoms with van der Waals surface area (Å²) < 4.78 is 1.05. The van der Waals surface area contributed by atoms with Crippen LogP contribution < -0.4 is 11.1 Å². The molecule has 5 heteroatoms. The minimum Gasteiger partial charge on any atom is -0.369 e. The molecule has 0 aliphatic heterocycles. The molecule has 0 bridgehead atoms. The van der Waals surface area contributed by atoms with Crippen LogP contribution in [0.15, 0.2) is 0 Å². The van der Waals surface area contributed by atoms with Gasteiger partial charge in [0.2, 0.25) is 5.95 Å². The molecular formula is C9H15IN4. The van der Waals surface area contributed by atoms with E-state index in [1.807, 2.05) is 6.92 Å². The van der Waals surface area contributed by atoms with Gasteiger partial charge in [0.25, 0.3) is 0 Å². The summed E-state index contributed by atoms with van der Waals surface area (Å²) in [5.41, 5.74) is 6.49. The molecule has 0 saturated heterocycles. The van der Waals surface area contributed by atoms with Gasteiger partial charge in [-0.15, -0.1) is 0 Å². The SMILES string of the molecule is CCCCNc1nc(N)nc(C)c1I. The van der Waals surface area contributed by atoms with E-state index in [0.717, 1.165) is 28.0 Å². The lowest BCUT2D eigenvalue weighted by molar-refractivity contribution is 0.829. The zero-order valence-corrected chi connectivity index (χ0v) is 10.6. The van der Waals surface area contributed by atoms with Gasteiger partial charge in [0, 0.05) is 6.54 Å². The van der Waals surface area contributed by atoms with Gasteiger partial charge in [0.15, 0.2) is 0 Å². The van der Waals surface area contributed by atoms with Gasteiger partial charge in [-0.25, -0.2) is 4.98 Å². The van der Waals surface area contributed by atoms with Crippen molar-refractivity contribution in [2.75, 3.05) is 17.6 Å². The number of unbranched alkanes of at least 4 members (excludes halogenated alkanes) is 1. The topological polar surface area (TPSA) is 63.8 Å². The Balaban J connectivity index is 2.75. The smallest absolute Gasteiger partial charge is 0.222 e. The van der Waals surface area contributed by atoms with Crippen molar-refractivity contribution in [1.29, 1.82) is 0 Å². The van der Waals surface area contributed by atoms with Crippen molar-refractivity contribution in [3.8, 4) is 0 Å². The molecule has 3 N–H and O–H groups in total. The first-order valence-electron chi connectivity index (χ1n) is 4.68. The maximum absolute atomic E-state index is 5.57. The summed E-state index contributed by atoms with van der Waals surface area (Å²) in [6.07, 6.45) is 2.31. The summed E-state index contributed by atoms with van der Waals surface area (Å²) in [4.78, 5) is 8.23. The second-order valence-corrected chi connectivity index (χ2v) is 4.19. The Morgan fingerprint density at radius 1 is 1.43 bits per heavy atom. The molecule has 4 nitrogen and oxygen atoms in total. The van der Waals surface area contributed by atoms with E-state index in [4.69, 9.17) is 5.73 Å². The lowest BCUT2D eigenvalue weighted by Gasteiger charge is -2.08. The largest absolute Gasteiger partial charge is 0.369 e. The van der Waals surface area contributed by atoms with Crippen LogP contribution in [-0.4, -0.2) is 16.5 Å². The van der Waals surface area contributed by atoms with Crippen LogP contribution >= 0.6 is 22.6 Å². The molecule has 0 fully saturated rings. The third-order valence-electron chi connectivity index (χ3n) is 1.86. The van der Waals surface area contributed by atoms with Crippen LogP contribution in [0.2, 0.25) is 0 Å². The van der Waals surface area contributed by atoms with Gasteiger partial charge >= 0.3 is 0 Å². The minimum atomic E-state index is 0.335. The minimum absolute atomic E-state index is 0.335. The number of hydrogen-bond donors (Lipinski definition) is 2. The number of aromatic nitrogens is 2. The maximum Gasteiger partial charge on any atom is 0.222 e. The van der Waals surface area contributed by atoms with Crippen molar-refractivity contribution in [2.24, 2.45) is 0 Å². The zero-order valence-electron chi connectivity index (χ0n) is 8.47. The third kappa shape index (κ3) is 2.97. The molecule has 1 aromatic heterocycles. The highest BCUT2D eigenvalue weighted by molar-refractivity contribution is 14.1. The summed E-state index contributed by atoms with van der Waals surface area (Å²) >= 11 is 2.23. The van der Waals surface area contributed by atoms with Crippen molar-refractivity contribution < 1.29 is 0 Å². The second kappa shape index (κ2) is 5.33. The molecule has 1 rings (SSSR count). The van der Waals surface area contributed by atoms with Gasteiger partial charge in [-0.1, -0.05) is 13.3 Å². The van der Waals surface area contributed by atoms with E-state index in [-0.39, 0.29) is 0 Å². The van der Waals surface area contributed by atoms with Gasteiger partial charge in [-0.3, -0.25) is 0 Å². The van der Waals surface area contributed by atoms with Crippen LogP contribution in [0.4, 0.5) is 11.8 Å². The Bertz CT molecular complexity index is 314. The summed E-state index contributed by atoms with van der Waals surface area (Å²) in [5, 5.41) is 3.26. The Hall–Kier alpha value is -0.590. The molecule has 14 heavy (non-hydrogen) atoms. The number of nitrogens with one attached hydrogen (secondary N) is 1. The van der Waals surface area contributed by atoms with E-state index >= 15 is 0 Å². The number of aryl methyl sites for hydroxylation is 1. The van der Waals surface area contributed by atoms with E-state index in [9.17, 15) is 0 Å². The number of nitrogens with two attached hydrogens (primary N) is 1.